The molecule has 0 aromatic rings. The number of oxime groups is 1. The van der Waals surface area contributed by atoms with Crippen molar-refractivity contribution in [2.24, 2.45) is 45.1 Å². The summed E-state index contributed by atoms with van der Waals surface area (Å²) in [4.78, 5) is 18.5. The number of ketones is 1. The summed E-state index contributed by atoms with van der Waals surface area (Å²) in [5.41, 5.74) is 1.78. The Morgan fingerprint density at radius 1 is 0.964 bits per heavy atom. The zero-order valence-electron chi connectivity index (χ0n) is 18.2. The zero-order valence-corrected chi connectivity index (χ0v) is 18.2. The van der Waals surface area contributed by atoms with Crippen molar-refractivity contribution < 1.29 is 9.63 Å². The lowest BCUT2D eigenvalue weighted by Gasteiger charge is -2.63. The first kappa shape index (κ1) is 19.1. The largest absolute Gasteiger partial charge is 0.390 e. The summed E-state index contributed by atoms with van der Waals surface area (Å²) in [7, 11) is 0. The van der Waals surface area contributed by atoms with Gasteiger partial charge in [0.15, 0.2) is 6.10 Å². The van der Waals surface area contributed by atoms with Crippen LogP contribution in [0.5, 0.6) is 0 Å². The van der Waals surface area contributed by atoms with Crippen molar-refractivity contribution in [2.75, 3.05) is 13.1 Å². The molecule has 1 N–H and O–H groups in total. The van der Waals surface area contributed by atoms with Crippen LogP contribution in [-0.4, -0.2) is 30.7 Å². The van der Waals surface area contributed by atoms with Gasteiger partial charge in [-0.25, -0.2) is 0 Å². The fourth-order valence-electron chi connectivity index (χ4n) is 8.32. The molecule has 4 aliphatic carbocycles. The summed E-state index contributed by atoms with van der Waals surface area (Å²) in [6, 6.07) is 0. The first-order valence-corrected chi connectivity index (χ1v) is 11.7. The van der Waals surface area contributed by atoms with E-state index in [0.29, 0.717) is 23.0 Å². The standard InChI is InChI=1S/C24H38N2O2/c1-22(2)19-7-5-16-17-6-8-21(27)24(17,4)11-9-18(16)23(19,3)12-10-20(22)26-28-15-13-25-14-15/h15-19,25H,5-14H2,1-4H3/b26-20+/t16-,17-,18-,19?,23+,24-/m0/s1. The Morgan fingerprint density at radius 2 is 1.75 bits per heavy atom. The Bertz CT molecular complexity index is 697. The highest BCUT2D eigenvalue weighted by Crippen LogP contribution is 2.67. The van der Waals surface area contributed by atoms with Crippen LogP contribution in [0.2, 0.25) is 0 Å². The fraction of sp³-hybridized carbons (Fsp3) is 0.917. The second-order valence-electron chi connectivity index (χ2n) is 11.6. The second kappa shape index (κ2) is 6.30. The average molecular weight is 387 g/mol. The maximum Gasteiger partial charge on any atom is 0.152 e. The van der Waals surface area contributed by atoms with E-state index in [4.69, 9.17) is 9.99 Å². The Morgan fingerprint density at radius 3 is 2.46 bits per heavy atom. The van der Waals surface area contributed by atoms with E-state index >= 15 is 0 Å². The minimum absolute atomic E-state index is 0.00812. The van der Waals surface area contributed by atoms with Gasteiger partial charge in [0, 0.05) is 30.3 Å². The molecule has 5 fully saturated rings. The van der Waals surface area contributed by atoms with Gasteiger partial charge in [0.25, 0.3) is 0 Å². The van der Waals surface area contributed by atoms with Crippen molar-refractivity contribution in [1.82, 2.24) is 5.32 Å². The van der Waals surface area contributed by atoms with Crippen LogP contribution in [0.25, 0.3) is 0 Å². The van der Waals surface area contributed by atoms with E-state index in [-0.39, 0.29) is 16.9 Å². The molecular formula is C24H38N2O2. The van der Waals surface area contributed by atoms with Gasteiger partial charge in [-0.3, -0.25) is 4.79 Å². The lowest BCUT2D eigenvalue weighted by atomic mass is 9.41. The average Bonchev–Trinajstić information content (AvgIpc) is 2.90. The number of Topliss-reactive ketones (excluding diaryl/α,β-unsaturated/α-hetero) is 1. The number of nitrogens with zero attached hydrogens (tertiary/aromatic N) is 1. The molecule has 0 amide bonds. The number of rotatable bonds is 2. The topological polar surface area (TPSA) is 50.7 Å². The molecule has 1 saturated heterocycles. The van der Waals surface area contributed by atoms with Gasteiger partial charge in [-0.2, -0.15) is 0 Å². The molecule has 0 spiro atoms. The van der Waals surface area contributed by atoms with E-state index in [1.807, 2.05) is 0 Å². The number of nitrogens with one attached hydrogen (secondary N) is 1. The second-order valence-corrected chi connectivity index (χ2v) is 11.6. The van der Waals surface area contributed by atoms with Crippen LogP contribution >= 0.6 is 0 Å². The van der Waals surface area contributed by atoms with Crippen LogP contribution in [0.4, 0.5) is 0 Å². The molecule has 0 aromatic heterocycles. The molecule has 0 aromatic carbocycles. The minimum atomic E-state index is -0.00812. The van der Waals surface area contributed by atoms with Gasteiger partial charge in [0.1, 0.15) is 5.78 Å². The lowest BCUT2D eigenvalue weighted by Crippen LogP contribution is -2.58. The van der Waals surface area contributed by atoms with Gasteiger partial charge >= 0.3 is 0 Å². The van der Waals surface area contributed by atoms with Crippen molar-refractivity contribution in [3.8, 4) is 0 Å². The van der Waals surface area contributed by atoms with Crippen LogP contribution in [0, 0.1) is 39.9 Å². The summed E-state index contributed by atoms with van der Waals surface area (Å²) in [5, 5.41) is 7.95. The van der Waals surface area contributed by atoms with Gasteiger partial charge in [0.2, 0.25) is 0 Å². The molecule has 28 heavy (non-hydrogen) atoms. The van der Waals surface area contributed by atoms with E-state index in [2.05, 4.69) is 33.0 Å². The lowest BCUT2D eigenvalue weighted by molar-refractivity contribution is -0.141. The SMILES string of the molecule is CC1(C)/C(=N/OC2CNC2)CC[C@@]2(C)C1CC[C@@H]1[C@@H]2CC[C@]2(C)C(=O)CC[C@@H]12. The van der Waals surface area contributed by atoms with E-state index in [1.54, 1.807) is 0 Å². The molecule has 5 aliphatic rings. The van der Waals surface area contributed by atoms with Gasteiger partial charge in [0.05, 0.1) is 5.71 Å². The molecule has 1 aliphatic heterocycles. The molecule has 0 radical (unpaired) electrons. The molecule has 4 heteroatoms. The van der Waals surface area contributed by atoms with Gasteiger partial charge in [-0.1, -0.05) is 32.9 Å². The Balaban J connectivity index is 1.40. The molecule has 6 atom stereocenters. The molecule has 4 saturated carbocycles. The van der Waals surface area contributed by atoms with E-state index in [9.17, 15) is 4.79 Å². The van der Waals surface area contributed by atoms with Crippen LogP contribution in [0.1, 0.15) is 79.1 Å². The predicted molar refractivity (Wildman–Crippen MR) is 111 cm³/mol. The highest BCUT2D eigenvalue weighted by atomic mass is 16.6. The summed E-state index contributed by atoms with van der Waals surface area (Å²) in [6.45, 7) is 11.6. The third kappa shape index (κ3) is 2.52. The third-order valence-corrected chi connectivity index (χ3v) is 10.1. The molecule has 0 bridgehead atoms. The highest BCUT2D eigenvalue weighted by molar-refractivity contribution is 5.90. The summed E-state index contributed by atoms with van der Waals surface area (Å²) >= 11 is 0. The molecule has 4 nitrogen and oxygen atoms in total. The smallest absolute Gasteiger partial charge is 0.152 e. The van der Waals surface area contributed by atoms with Crippen molar-refractivity contribution in [1.29, 1.82) is 0 Å². The predicted octanol–water partition coefficient (Wildman–Crippen LogP) is 4.58. The normalized spacial score (nSPS) is 49.1. The summed E-state index contributed by atoms with van der Waals surface area (Å²) in [5.74, 6) is 3.43. The van der Waals surface area contributed by atoms with E-state index in [1.165, 1.54) is 31.4 Å². The molecule has 156 valence electrons. The number of carbonyl (C=O) groups excluding carboxylic acids is 1. The van der Waals surface area contributed by atoms with Gasteiger partial charge in [-0.15, -0.1) is 0 Å². The first-order valence-electron chi connectivity index (χ1n) is 11.7. The maximum absolute atomic E-state index is 12.6. The zero-order chi connectivity index (χ0) is 19.7. The number of carbonyl (C=O) groups is 1. The highest BCUT2D eigenvalue weighted by Gasteiger charge is 2.62. The van der Waals surface area contributed by atoms with Crippen LogP contribution < -0.4 is 5.32 Å². The molecular weight excluding hydrogens is 348 g/mol. The van der Waals surface area contributed by atoms with Crippen molar-refractivity contribution >= 4 is 11.5 Å². The monoisotopic (exact) mass is 386 g/mol. The number of hydrogen-bond donors (Lipinski definition) is 1. The van der Waals surface area contributed by atoms with Crippen molar-refractivity contribution in [2.45, 2.75) is 85.2 Å². The number of fused-ring (bicyclic) bond motifs is 5. The van der Waals surface area contributed by atoms with Gasteiger partial charge in [-0.05, 0) is 74.0 Å². The first-order chi connectivity index (χ1) is 13.3. The summed E-state index contributed by atoms with van der Waals surface area (Å²) in [6.07, 6.45) is 9.54. The van der Waals surface area contributed by atoms with Crippen molar-refractivity contribution in [3.05, 3.63) is 0 Å². The third-order valence-electron chi connectivity index (χ3n) is 10.1. The van der Waals surface area contributed by atoms with Crippen LogP contribution in [-0.2, 0) is 9.63 Å². The van der Waals surface area contributed by atoms with E-state index < -0.39 is 0 Å². The Labute approximate surface area is 170 Å². The molecule has 5 rings (SSSR count). The van der Waals surface area contributed by atoms with Crippen LogP contribution in [0.15, 0.2) is 5.16 Å². The van der Waals surface area contributed by atoms with E-state index in [0.717, 1.165) is 50.6 Å². The fourth-order valence-corrected chi connectivity index (χ4v) is 8.32. The Kier molecular flexibility index (Phi) is 4.29. The van der Waals surface area contributed by atoms with Crippen molar-refractivity contribution in [3.63, 3.8) is 0 Å². The Hall–Kier alpha value is -0.900. The van der Waals surface area contributed by atoms with Crippen LogP contribution in [0.3, 0.4) is 0 Å². The van der Waals surface area contributed by atoms with Gasteiger partial charge < -0.3 is 10.2 Å². The minimum Gasteiger partial charge on any atom is -0.390 e. The quantitative estimate of drug-likeness (QED) is 0.707. The summed E-state index contributed by atoms with van der Waals surface area (Å²) < 4.78 is 0. The maximum atomic E-state index is 12.6. The molecule has 1 heterocycles. The molecule has 1 unspecified atom stereocenters. The number of hydrogen-bond acceptors (Lipinski definition) is 4.